The number of halogens is 1. The molecule has 22 heavy (non-hydrogen) atoms. The molecule has 1 aliphatic carbocycles. The lowest BCUT2D eigenvalue weighted by molar-refractivity contribution is -0.141. The number of likely N-dealkylation sites (N-methyl/N-ethyl adjacent to an activating group) is 1. The maximum absolute atomic E-state index is 13.2. The van der Waals surface area contributed by atoms with Crippen LogP contribution in [0, 0.1) is 5.92 Å². The van der Waals surface area contributed by atoms with E-state index in [1.165, 1.54) is 0 Å². The summed E-state index contributed by atoms with van der Waals surface area (Å²) in [7, 11) is 0. The summed E-state index contributed by atoms with van der Waals surface area (Å²) >= 11 is 7.75. The third-order valence-electron chi connectivity index (χ3n) is 4.66. The van der Waals surface area contributed by atoms with E-state index in [1.807, 2.05) is 30.0 Å². The summed E-state index contributed by atoms with van der Waals surface area (Å²) in [6.45, 7) is 3.19. The Morgan fingerprint density at radius 3 is 2.91 bits per heavy atom. The highest BCUT2D eigenvalue weighted by Crippen LogP contribution is 2.55. The number of amides is 2. The van der Waals surface area contributed by atoms with Crippen molar-refractivity contribution in [1.82, 2.24) is 4.90 Å². The van der Waals surface area contributed by atoms with Crippen LogP contribution < -0.4 is 4.90 Å². The molecule has 3 aliphatic rings. The van der Waals surface area contributed by atoms with E-state index in [1.54, 1.807) is 16.7 Å². The zero-order valence-corrected chi connectivity index (χ0v) is 13.9. The molecule has 6 heteroatoms. The van der Waals surface area contributed by atoms with Gasteiger partial charge in [-0.1, -0.05) is 11.6 Å². The molecule has 1 saturated carbocycles. The zero-order valence-electron chi connectivity index (χ0n) is 12.3. The molecule has 116 valence electrons. The fraction of sp³-hybridized carbons (Fsp3) is 0.500. The van der Waals surface area contributed by atoms with Crippen molar-refractivity contribution in [3.63, 3.8) is 0 Å². The Bertz CT molecular complexity index is 676. The van der Waals surface area contributed by atoms with Crippen LogP contribution in [-0.2, 0) is 14.5 Å². The first-order valence-electron chi connectivity index (χ1n) is 7.67. The summed E-state index contributed by atoms with van der Waals surface area (Å²) in [6.07, 6.45) is 1.90. The number of nitrogens with zero attached hydrogens (tertiary/aromatic N) is 2. The van der Waals surface area contributed by atoms with Gasteiger partial charge in [0.05, 0.1) is 5.69 Å². The molecule has 1 aromatic rings. The number of carbonyl (C=O) groups is 2. The van der Waals surface area contributed by atoms with Gasteiger partial charge in [-0.25, -0.2) is 0 Å². The van der Waals surface area contributed by atoms with Crippen LogP contribution in [0.25, 0.3) is 0 Å². The topological polar surface area (TPSA) is 40.6 Å². The van der Waals surface area contributed by atoms with Crippen LogP contribution in [0.3, 0.4) is 0 Å². The number of fused-ring (bicyclic) bond motifs is 2. The largest absolute Gasteiger partial charge is 0.315 e. The lowest BCUT2D eigenvalue weighted by Crippen LogP contribution is -2.50. The summed E-state index contributed by atoms with van der Waals surface area (Å²) < 4.78 is 0. The number of anilines is 1. The Labute approximate surface area is 138 Å². The molecular weight excluding hydrogens is 320 g/mol. The highest BCUT2D eigenvalue weighted by Gasteiger charge is 2.60. The third kappa shape index (κ3) is 1.78. The zero-order chi connectivity index (χ0) is 15.5. The normalized spacial score (nSPS) is 26.9. The SMILES string of the molecule is CCN1C(=O)C2(SCCN2C(=O)C2CC2)c2cc(Cl)ccc21. The van der Waals surface area contributed by atoms with Crippen LogP contribution in [0.15, 0.2) is 18.2 Å². The summed E-state index contributed by atoms with van der Waals surface area (Å²) in [4.78, 5) is 28.6. The first-order valence-corrected chi connectivity index (χ1v) is 9.03. The quantitative estimate of drug-likeness (QED) is 0.833. The molecule has 2 heterocycles. The third-order valence-corrected chi connectivity index (χ3v) is 6.32. The van der Waals surface area contributed by atoms with Crippen LogP contribution in [0.5, 0.6) is 0 Å². The highest BCUT2D eigenvalue weighted by molar-refractivity contribution is 8.01. The van der Waals surface area contributed by atoms with E-state index in [-0.39, 0.29) is 17.7 Å². The van der Waals surface area contributed by atoms with Gasteiger partial charge in [-0.2, -0.15) is 0 Å². The molecule has 1 aromatic carbocycles. The summed E-state index contributed by atoms with van der Waals surface area (Å²) in [5.41, 5.74) is 1.77. The number of rotatable bonds is 2. The molecule has 2 fully saturated rings. The second-order valence-corrected chi connectivity index (χ2v) is 7.69. The Balaban J connectivity index is 1.88. The van der Waals surface area contributed by atoms with Crippen molar-refractivity contribution in [1.29, 1.82) is 0 Å². The lowest BCUT2D eigenvalue weighted by atomic mass is 10.1. The van der Waals surface area contributed by atoms with Gasteiger partial charge in [0, 0.05) is 35.3 Å². The molecule has 2 aliphatic heterocycles. The minimum atomic E-state index is -0.893. The van der Waals surface area contributed by atoms with Gasteiger partial charge in [0.1, 0.15) is 0 Å². The molecule has 4 rings (SSSR count). The Hall–Kier alpha value is -1.20. The van der Waals surface area contributed by atoms with Crippen molar-refractivity contribution in [2.24, 2.45) is 5.92 Å². The summed E-state index contributed by atoms with van der Waals surface area (Å²) in [5.74, 6) is 1.03. The fourth-order valence-electron chi connectivity index (χ4n) is 3.47. The Morgan fingerprint density at radius 1 is 1.45 bits per heavy atom. The average molecular weight is 337 g/mol. The van der Waals surface area contributed by atoms with Crippen LogP contribution in [0.1, 0.15) is 25.3 Å². The average Bonchev–Trinajstić information content (AvgIpc) is 3.22. The Kier molecular flexibility index (Phi) is 3.20. The van der Waals surface area contributed by atoms with Crippen LogP contribution in [0.4, 0.5) is 5.69 Å². The van der Waals surface area contributed by atoms with Gasteiger partial charge < -0.3 is 9.80 Å². The van der Waals surface area contributed by atoms with E-state index in [9.17, 15) is 9.59 Å². The molecule has 0 N–H and O–H groups in total. The smallest absolute Gasteiger partial charge is 0.268 e. The second kappa shape index (κ2) is 4.90. The molecule has 4 nitrogen and oxygen atoms in total. The number of carbonyl (C=O) groups excluding carboxylic acids is 2. The molecule has 0 radical (unpaired) electrons. The number of hydrogen-bond acceptors (Lipinski definition) is 3. The number of hydrogen-bond donors (Lipinski definition) is 0. The monoisotopic (exact) mass is 336 g/mol. The van der Waals surface area contributed by atoms with E-state index in [4.69, 9.17) is 11.6 Å². The van der Waals surface area contributed by atoms with Crippen molar-refractivity contribution < 1.29 is 9.59 Å². The van der Waals surface area contributed by atoms with Gasteiger partial charge in [-0.15, -0.1) is 11.8 Å². The highest BCUT2D eigenvalue weighted by atomic mass is 35.5. The van der Waals surface area contributed by atoms with E-state index in [0.29, 0.717) is 18.1 Å². The molecule has 1 spiro atoms. The predicted molar refractivity (Wildman–Crippen MR) is 88.1 cm³/mol. The standard InChI is InChI=1S/C16H17ClN2O2S/c1-2-18-13-6-5-11(17)9-12(13)16(15(18)21)19(7-8-22-16)14(20)10-3-4-10/h5-6,9-10H,2-4,7-8H2,1H3. The molecular formula is C16H17ClN2O2S. The molecule has 1 saturated heterocycles. The molecule has 0 bridgehead atoms. The molecule has 0 aromatic heterocycles. The summed E-state index contributed by atoms with van der Waals surface area (Å²) in [6, 6.07) is 5.56. The van der Waals surface area contributed by atoms with Gasteiger partial charge in [-0.3, -0.25) is 9.59 Å². The lowest BCUT2D eigenvalue weighted by Gasteiger charge is -2.33. The number of thioether (sulfide) groups is 1. The first kappa shape index (κ1) is 14.4. The first-order chi connectivity index (χ1) is 10.6. The maximum atomic E-state index is 13.2. The molecule has 2 amide bonds. The van der Waals surface area contributed by atoms with Crippen LogP contribution >= 0.6 is 23.4 Å². The van der Waals surface area contributed by atoms with Crippen molar-refractivity contribution in [2.45, 2.75) is 24.6 Å². The second-order valence-electron chi connectivity index (χ2n) is 5.97. The van der Waals surface area contributed by atoms with Crippen LogP contribution in [0.2, 0.25) is 5.02 Å². The summed E-state index contributed by atoms with van der Waals surface area (Å²) in [5, 5.41) is 0.607. The van der Waals surface area contributed by atoms with Gasteiger partial charge in [0.15, 0.2) is 4.87 Å². The van der Waals surface area contributed by atoms with E-state index in [2.05, 4.69) is 0 Å². The van der Waals surface area contributed by atoms with Crippen molar-refractivity contribution in [2.75, 3.05) is 23.7 Å². The fourth-order valence-corrected chi connectivity index (χ4v) is 5.10. The van der Waals surface area contributed by atoms with Crippen molar-refractivity contribution in [3.05, 3.63) is 28.8 Å². The minimum Gasteiger partial charge on any atom is -0.315 e. The van der Waals surface area contributed by atoms with Gasteiger partial charge in [0.25, 0.3) is 5.91 Å². The molecule has 1 unspecified atom stereocenters. The Morgan fingerprint density at radius 2 is 2.23 bits per heavy atom. The van der Waals surface area contributed by atoms with E-state index < -0.39 is 4.87 Å². The van der Waals surface area contributed by atoms with E-state index >= 15 is 0 Å². The van der Waals surface area contributed by atoms with Gasteiger partial charge in [0.2, 0.25) is 5.91 Å². The van der Waals surface area contributed by atoms with Crippen molar-refractivity contribution >= 4 is 40.9 Å². The van der Waals surface area contributed by atoms with Gasteiger partial charge in [-0.05, 0) is 38.0 Å². The van der Waals surface area contributed by atoms with Crippen molar-refractivity contribution in [3.8, 4) is 0 Å². The van der Waals surface area contributed by atoms with Crippen LogP contribution in [-0.4, -0.2) is 35.6 Å². The number of benzene rings is 1. The minimum absolute atomic E-state index is 0.00349. The predicted octanol–water partition coefficient (Wildman–Crippen LogP) is 2.84. The molecule has 1 atom stereocenters. The van der Waals surface area contributed by atoms with E-state index in [0.717, 1.165) is 29.8 Å². The maximum Gasteiger partial charge on any atom is 0.268 e. The van der Waals surface area contributed by atoms with Gasteiger partial charge >= 0.3 is 0 Å².